The number of pyridine rings is 1. The zero-order valence-electron chi connectivity index (χ0n) is 15.9. The Hall–Kier alpha value is -3.16. The molecule has 2 N–H and O–H groups in total. The fraction of sp³-hybridized carbons (Fsp3) is 0.143. The van der Waals surface area contributed by atoms with E-state index in [1.54, 1.807) is 48.7 Å². The van der Waals surface area contributed by atoms with Crippen LogP contribution in [0, 0.1) is 5.82 Å². The van der Waals surface area contributed by atoms with Gasteiger partial charge in [0.2, 0.25) is 0 Å². The summed E-state index contributed by atoms with van der Waals surface area (Å²) >= 11 is 6.10. The third-order valence-electron chi connectivity index (χ3n) is 4.56. The van der Waals surface area contributed by atoms with Crippen molar-refractivity contribution < 1.29 is 9.13 Å². The molecule has 0 unspecified atom stereocenters. The number of aromatic nitrogens is 1. The molecule has 1 aromatic heterocycles. The molecule has 0 aliphatic carbocycles. The van der Waals surface area contributed by atoms with E-state index in [1.165, 1.54) is 7.11 Å². The van der Waals surface area contributed by atoms with Gasteiger partial charge in [-0.1, -0.05) is 35.9 Å². The SMILES string of the molecule is COc1ccc(Cc2ccc(C3=NNN(C)N3)nc2)c(F)c1-c1cccc(Cl)c1. The second kappa shape index (κ2) is 8.06. The zero-order chi connectivity index (χ0) is 20.4. The lowest BCUT2D eigenvalue weighted by molar-refractivity contribution is 0.231. The number of hydrogen-bond acceptors (Lipinski definition) is 6. The molecule has 0 fully saturated rings. The molecule has 0 spiro atoms. The fourth-order valence-corrected chi connectivity index (χ4v) is 3.35. The van der Waals surface area contributed by atoms with Crippen LogP contribution >= 0.6 is 11.6 Å². The summed E-state index contributed by atoms with van der Waals surface area (Å²) in [5, 5.41) is 6.28. The van der Waals surface area contributed by atoms with Crippen LogP contribution in [0.25, 0.3) is 11.1 Å². The number of hydrazone groups is 1. The number of methoxy groups -OCH3 is 1. The maximum absolute atomic E-state index is 15.4. The Morgan fingerprint density at radius 1 is 1.17 bits per heavy atom. The van der Waals surface area contributed by atoms with E-state index in [4.69, 9.17) is 16.3 Å². The van der Waals surface area contributed by atoms with Crippen molar-refractivity contribution in [3.05, 3.63) is 82.4 Å². The lowest BCUT2D eigenvalue weighted by Gasteiger charge is -2.14. The Morgan fingerprint density at radius 3 is 2.69 bits per heavy atom. The van der Waals surface area contributed by atoms with E-state index in [0.717, 1.165) is 5.56 Å². The summed E-state index contributed by atoms with van der Waals surface area (Å²) < 4.78 is 20.8. The zero-order valence-corrected chi connectivity index (χ0v) is 16.7. The fourth-order valence-electron chi connectivity index (χ4n) is 3.16. The van der Waals surface area contributed by atoms with Gasteiger partial charge in [0.25, 0.3) is 0 Å². The predicted molar refractivity (Wildman–Crippen MR) is 111 cm³/mol. The van der Waals surface area contributed by atoms with Crippen LogP contribution in [0.3, 0.4) is 0 Å². The molecule has 2 heterocycles. The summed E-state index contributed by atoms with van der Waals surface area (Å²) in [5.41, 5.74) is 8.98. The summed E-state index contributed by atoms with van der Waals surface area (Å²) in [4.78, 5) is 4.42. The molecule has 0 radical (unpaired) electrons. The second-order valence-corrected chi connectivity index (χ2v) is 7.02. The van der Waals surface area contributed by atoms with E-state index in [0.29, 0.717) is 45.4 Å². The summed E-state index contributed by atoms with van der Waals surface area (Å²) in [7, 11) is 3.33. The summed E-state index contributed by atoms with van der Waals surface area (Å²) in [6.45, 7) is 0. The summed E-state index contributed by atoms with van der Waals surface area (Å²) in [5.74, 6) is 0.755. The molecule has 0 bridgehead atoms. The van der Waals surface area contributed by atoms with Gasteiger partial charge in [0, 0.05) is 24.7 Å². The van der Waals surface area contributed by atoms with Gasteiger partial charge >= 0.3 is 0 Å². The first-order chi connectivity index (χ1) is 14.0. The quantitative estimate of drug-likeness (QED) is 0.669. The Kier molecular flexibility index (Phi) is 5.33. The van der Waals surface area contributed by atoms with Gasteiger partial charge < -0.3 is 4.74 Å². The van der Waals surface area contributed by atoms with Gasteiger partial charge in [0.05, 0.1) is 12.7 Å². The maximum Gasteiger partial charge on any atom is 0.189 e. The van der Waals surface area contributed by atoms with E-state index in [1.807, 2.05) is 18.2 Å². The van der Waals surface area contributed by atoms with Crippen molar-refractivity contribution in [2.24, 2.45) is 5.10 Å². The lowest BCUT2D eigenvalue weighted by Crippen LogP contribution is -2.37. The minimum atomic E-state index is -0.330. The second-order valence-electron chi connectivity index (χ2n) is 6.59. The van der Waals surface area contributed by atoms with Crippen molar-refractivity contribution in [1.82, 2.24) is 21.1 Å². The van der Waals surface area contributed by atoms with Crippen LogP contribution in [0.1, 0.15) is 16.8 Å². The molecule has 148 valence electrons. The average molecular weight is 412 g/mol. The van der Waals surface area contributed by atoms with E-state index in [-0.39, 0.29) is 5.82 Å². The molecule has 4 rings (SSSR count). The third kappa shape index (κ3) is 4.01. The molecule has 0 amide bonds. The van der Waals surface area contributed by atoms with E-state index in [2.05, 4.69) is 21.0 Å². The van der Waals surface area contributed by atoms with Gasteiger partial charge in [-0.25, -0.2) is 9.93 Å². The highest BCUT2D eigenvalue weighted by atomic mass is 35.5. The van der Waals surface area contributed by atoms with Crippen LogP contribution in [-0.4, -0.2) is 30.1 Å². The van der Waals surface area contributed by atoms with Crippen molar-refractivity contribution >= 4 is 17.4 Å². The summed E-state index contributed by atoms with van der Waals surface area (Å²) in [6.07, 6.45) is 2.12. The van der Waals surface area contributed by atoms with Gasteiger partial charge in [-0.15, -0.1) is 10.2 Å². The molecule has 0 saturated carbocycles. The molecule has 0 saturated heterocycles. The standard InChI is InChI=1S/C21H19ClFN5O/c1-28-26-21(25-27-28)17-8-6-13(12-24-17)10-15-7-9-18(29-2)19(20(15)23)14-4-3-5-16(22)11-14/h3-9,11-12,27H,10H2,1-2H3,(H,25,26). The average Bonchev–Trinajstić information content (AvgIpc) is 3.16. The Labute approximate surface area is 172 Å². The van der Waals surface area contributed by atoms with Crippen molar-refractivity contribution in [3.63, 3.8) is 0 Å². The van der Waals surface area contributed by atoms with Crippen molar-refractivity contribution in [2.75, 3.05) is 14.2 Å². The van der Waals surface area contributed by atoms with E-state index in [9.17, 15) is 0 Å². The molecule has 6 nitrogen and oxygen atoms in total. The predicted octanol–water partition coefficient (Wildman–Crippen LogP) is 3.76. The van der Waals surface area contributed by atoms with Crippen LogP contribution in [0.2, 0.25) is 5.02 Å². The Morgan fingerprint density at radius 2 is 2.03 bits per heavy atom. The molecule has 1 aliphatic heterocycles. The maximum atomic E-state index is 15.4. The topological polar surface area (TPSA) is 61.8 Å². The number of rotatable bonds is 5. The lowest BCUT2D eigenvalue weighted by atomic mass is 9.97. The van der Waals surface area contributed by atoms with Crippen molar-refractivity contribution in [3.8, 4) is 16.9 Å². The van der Waals surface area contributed by atoms with E-state index >= 15 is 4.39 Å². The molecular weight excluding hydrogens is 393 g/mol. The summed E-state index contributed by atoms with van der Waals surface area (Å²) in [6, 6.07) is 14.3. The molecular formula is C21H19ClFN5O. The van der Waals surface area contributed by atoms with Crippen LogP contribution < -0.4 is 15.7 Å². The molecule has 3 aromatic rings. The van der Waals surface area contributed by atoms with Gasteiger partial charge in [0.15, 0.2) is 5.84 Å². The molecule has 8 heteroatoms. The number of halogens is 2. The number of hydrazine groups is 2. The van der Waals surface area contributed by atoms with Gasteiger partial charge in [-0.2, -0.15) is 0 Å². The number of nitrogens with zero attached hydrogens (tertiary/aromatic N) is 3. The first-order valence-corrected chi connectivity index (χ1v) is 9.33. The smallest absolute Gasteiger partial charge is 0.189 e. The highest BCUT2D eigenvalue weighted by Crippen LogP contribution is 2.36. The Bertz CT molecular complexity index is 1070. The van der Waals surface area contributed by atoms with Gasteiger partial charge in [-0.05, 0) is 41.0 Å². The van der Waals surface area contributed by atoms with Crippen molar-refractivity contribution in [1.29, 1.82) is 0 Å². The van der Waals surface area contributed by atoms with Crippen LogP contribution in [0.5, 0.6) is 5.75 Å². The highest BCUT2D eigenvalue weighted by molar-refractivity contribution is 6.30. The number of amidine groups is 1. The largest absolute Gasteiger partial charge is 0.496 e. The first-order valence-electron chi connectivity index (χ1n) is 8.95. The van der Waals surface area contributed by atoms with Gasteiger partial charge in [0.1, 0.15) is 17.3 Å². The van der Waals surface area contributed by atoms with E-state index < -0.39 is 0 Å². The minimum absolute atomic E-state index is 0.330. The number of nitrogens with one attached hydrogen (secondary N) is 2. The molecule has 29 heavy (non-hydrogen) atoms. The number of ether oxygens (including phenoxy) is 1. The van der Waals surface area contributed by atoms with Crippen LogP contribution in [-0.2, 0) is 6.42 Å². The Balaban J connectivity index is 1.63. The third-order valence-corrected chi connectivity index (χ3v) is 4.80. The molecule has 1 aliphatic rings. The normalized spacial score (nSPS) is 13.6. The molecule has 0 atom stereocenters. The first kappa shape index (κ1) is 19.2. The van der Waals surface area contributed by atoms with Crippen LogP contribution in [0.4, 0.5) is 4.39 Å². The number of hydrogen-bond donors (Lipinski definition) is 2. The minimum Gasteiger partial charge on any atom is -0.496 e. The highest BCUT2D eigenvalue weighted by Gasteiger charge is 2.17. The monoisotopic (exact) mass is 411 g/mol. The number of benzene rings is 2. The molecule has 2 aromatic carbocycles. The van der Waals surface area contributed by atoms with Crippen molar-refractivity contribution in [2.45, 2.75) is 6.42 Å². The van der Waals surface area contributed by atoms with Crippen LogP contribution in [0.15, 0.2) is 59.8 Å². The van der Waals surface area contributed by atoms with Gasteiger partial charge in [-0.3, -0.25) is 10.4 Å².